The lowest BCUT2D eigenvalue weighted by molar-refractivity contribution is 0.340. The fourth-order valence-electron chi connectivity index (χ4n) is 1.28. The van der Waals surface area contributed by atoms with Gasteiger partial charge >= 0.3 is 12.0 Å². The van der Waals surface area contributed by atoms with E-state index < -0.39 is 0 Å². The molecule has 1 aromatic rings. The van der Waals surface area contributed by atoms with Crippen molar-refractivity contribution in [2.24, 2.45) is 0 Å². The second-order valence-corrected chi connectivity index (χ2v) is 3.74. The van der Waals surface area contributed by atoms with Gasteiger partial charge in [-0.1, -0.05) is 6.92 Å². The van der Waals surface area contributed by atoms with Crippen molar-refractivity contribution in [1.82, 2.24) is 15.0 Å². The minimum absolute atomic E-state index is 0.222. The van der Waals surface area contributed by atoms with Crippen LogP contribution in [0.4, 0.5) is 5.95 Å². The third kappa shape index (κ3) is 4.22. The molecule has 0 bridgehead atoms. The Morgan fingerprint density at radius 3 is 2.18 bits per heavy atom. The predicted molar refractivity (Wildman–Crippen MR) is 66.0 cm³/mol. The zero-order valence-corrected chi connectivity index (χ0v) is 11.0. The summed E-state index contributed by atoms with van der Waals surface area (Å²) in [5.74, 6) is 1.02. The maximum Gasteiger partial charge on any atom is 0.324 e. The molecule has 0 spiro atoms. The highest BCUT2D eigenvalue weighted by Crippen LogP contribution is 2.14. The van der Waals surface area contributed by atoms with Gasteiger partial charge in [0.2, 0.25) is 5.95 Å². The summed E-state index contributed by atoms with van der Waals surface area (Å²) in [7, 11) is 2.99. The topological polar surface area (TPSA) is 69.2 Å². The van der Waals surface area contributed by atoms with E-state index in [1.165, 1.54) is 14.2 Å². The average molecular weight is 261 g/mol. The fourth-order valence-corrected chi connectivity index (χ4v) is 1.54. The molecule has 1 aromatic heterocycles. The largest absolute Gasteiger partial charge is 0.467 e. The maximum atomic E-state index is 5.72. The van der Waals surface area contributed by atoms with Gasteiger partial charge in [-0.25, -0.2) is 0 Å². The van der Waals surface area contributed by atoms with Crippen LogP contribution in [0.15, 0.2) is 0 Å². The molecule has 0 aliphatic heterocycles. The summed E-state index contributed by atoms with van der Waals surface area (Å²) in [5.41, 5.74) is 0. The lowest BCUT2D eigenvalue weighted by atomic mass is 10.2. The number of nitrogens with zero attached hydrogens (tertiary/aromatic N) is 3. The zero-order chi connectivity index (χ0) is 12.7. The van der Waals surface area contributed by atoms with E-state index in [1.54, 1.807) is 0 Å². The number of anilines is 1. The van der Waals surface area contributed by atoms with E-state index >= 15 is 0 Å². The molecule has 1 heterocycles. The highest BCUT2D eigenvalue weighted by molar-refractivity contribution is 6.17. The van der Waals surface area contributed by atoms with Crippen molar-refractivity contribution < 1.29 is 9.47 Å². The summed E-state index contributed by atoms with van der Waals surface area (Å²) >= 11 is 5.72. The molecule has 0 saturated carbocycles. The molecule has 7 heteroatoms. The molecular weight excluding hydrogens is 244 g/mol. The zero-order valence-electron chi connectivity index (χ0n) is 10.2. The molecule has 0 amide bonds. The van der Waals surface area contributed by atoms with Gasteiger partial charge in [0.15, 0.2) is 0 Å². The van der Waals surface area contributed by atoms with Crippen LogP contribution in [0.25, 0.3) is 0 Å². The second kappa shape index (κ2) is 7.11. The van der Waals surface area contributed by atoms with Gasteiger partial charge in [0.1, 0.15) is 0 Å². The molecule has 1 unspecified atom stereocenters. The highest BCUT2D eigenvalue weighted by atomic mass is 35.5. The number of rotatable bonds is 7. The van der Waals surface area contributed by atoms with Crippen molar-refractivity contribution in [3.8, 4) is 12.0 Å². The molecule has 1 atom stereocenters. The summed E-state index contributed by atoms with van der Waals surface area (Å²) in [6, 6.07) is 0.671. The Balaban J connectivity index is 2.81. The lowest BCUT2D eigenvalue weighted by Crippen LogP contribution is -2.21. The minimum Gasteiger partial charge on any atom is -0.467 e. The molecule has 0 radical (unpaired) electrons. The predicted octanol–water partition coefficient (Wildman–Crippen LogP) is 1.71. The first-order valence-electron chi connectivity index (χ1n) is 5.40. The van der Waals surface area contributed by atoms with E-state index in [0.717, 1.165) is 12.8 Å². The standard InChI is InChI=1S/C10H17ClN4O2/c1-4-7(5-6-11)12-8-13-9(16-2)15-10(14-8)17-3/h7H,4-6H2,1-3H3,(H,12,13,14,15). The third-order valence-corrected chi connectivity index (χ3v) is 2.46. The molecule has 0 aliphatic carbocycles. The van der Waals surface area contributed by atoms with E-state index in [1.807, 2.05) is 0 Å². The Bertz CT molecular complexity index is 329. The van der Waals surface area contributed by atoms with Crippen LogP contribution < -0.4 is 14.8 Å². The molecule has 1 rings (SSSR count). The number of nitrogens with one attached hydrogen (secondary N) is 1. The summed E-state index contributed by atoms with van der Waals surface area (Å²) in [6.07, 6.45) is 1.78. The van der Waals surface area contributed by atoms with Crippen LogP contribution in [0.2, 0.25) is 0 Å². The molecule has 17 heavy (non-hydrogen) atoms. The Labute approximate surface area is 106 Å². The van der Waals surface area contributed by atoms with Gasteiger partial charge < -0.3 is 14.8 Å². The molecular formula is C10H17ClN4O2. The van der Waals surface area contributed by atoms with E-state index in [2.05, 4.69) is 27.2 Å². The summed E-state index contributed by atoms with van der Waals surface area (Å²) in [6.45, 7) is 2.07. The van der Waals surface area contributed by atoms with Gasteiger partial charge in [0.05, 0.1) is 14.2 Å². The van der Waals surface area contributed by atoms with Gasteiger partial charge in [-0.2, -0.15) is 9.97 Å². The summed E-state index contributed by atoms with van der Waals surface area (Å²) in [4.78, 5) is 12.1. The third-order valence-electron chi connectivity index (χ3n) is 2.24. The van der Waals surface area contributed by atoms with Gasteiger partial charge in [-0.15, -0.1) is 16.6 Å². The highest BCUT2D eigenvalue weighted by Gasteiger charge is 2.11. The molecule has 1 N–H and O–H groups in total. The monoisotopic (exact) mass is 260 g/mol. The molecule has 0 aliphatic rings. The number of alkyl halides is 1. The number of methoxy groups -OCH3 is 2. The first-order valence-corrected chi connectivity index (χ1v) is 5.93. The van der Waals surface area contributed by atoms with Crippen LogP contribution in [0.5, 0.6) is 12.0 Å². The van der Waals surface area contributed by atoms with E-state index in [4.69, 9.17) is 21.1 Å². The van der Waals surface area contributed by atoms with Crippen molar-refractivity contribution in [1.29, 1.82) is 0 Å². The first-order chi connectivity index (χ1) is 8.23. The SMILES string of the molecule is CCC(CCCl)Nc1nc(OC)nc(OC)n1. The molecule has 6 nitrogen and oxygen atoms in total. The second-order valence-electron chi connectivity index (χ2n) is 3.36. The van der Waals surface area contributed by atoms with Gasteiger partial charge in [-0.3, -0.25) is 0 Å². The van der Waals surface area contributed by atoms with Crippen molar-refractivity contribution in [3.05, 3.63) is 0 Å². The van der Waals surface area contributed by atoms with E-state index in [9.17, 15) is 0 Å². The van der Waals surface area contributed by atoms with E-state index in [-0.39, 0.29) is 18.1 Å². The Morgan fingerprint density at radius 1 is 1.18 bits per heavy atom. The minimum atomic E-state index is 0.222. The molecule has 0 saturated heterocycles. The molecule has 0 fully saturated rings. The normalized spacial score (nSPS) is 12.0. The first kappa shape index (κ1) is 13.8. The van der Waals surface area contributed by atoms with Crippen molar-refractivity contribution in [3.63, 3.8) is 0 Å². The lowest BCUT2D eigenvalue weighted by Gasteiger charge is -2.15. The van der Waals surface area contributed by atoms with Crippen LogP contribution in [-0.2, 0) is 0 Å². The van der Waals surface area contributed by atoms with Crippen LogP contribution in [-0.4, -0.2) is 41.1 Å². The summed E-state index contributed by atoms with van der Waals surface area (Å²) in [5, 5.41) is 3.17. The van der Waals surface area contributed by atoms with Crippen molar-refractivity contribution in [2.45, 2.75) is 25.8 Å². The number of hydrogen-bond acceptors (Lipinski definition) is 6. The van der Waals surface area contributed by atoms with Gasteiger partial charge in [0, 0.05) is 11.9 Å². The number of aromatic nitrogens is 3. The van der Waals surface area contributed by atoms with E-state index in [0.29, 0.717) is 11.8 Å². The smallest absolute Gasteiger partial charge is 0.324 e. The van der Waals surface area contributed by atoms with Crippen LogP contribution in [0, 0.1) is 0 Å². The average Bonchev–Trinajstić information content (AvgIpc) is 2.37. The molecule has 96 valence electrons. The molecule has 0 aromatic carbocycles. The Kier molecular flexibility index (Phi) is 5.76. The Hall–Kier alpha value is -1.30. The van der Waals surface area contributed by atoms with Crippen LogP contribution in [0.3, 0.4) is 0 Å². The maximum absolute atomic E-state index is 5.72. The summed E-state index contributed by atoms with van der Waals surface area (Å²) < 4.78 is 9.93. The Morgan fingerprint density at radius 2 is 1.76 bits per heavy atom. The number of hydrogen-bond donors (Lipinski definition) is 1. The quantitative estimate of drug-likeness (QED) is 0.753. The number of ether oxygens (including phenoxy) is 2. The van der Waals surface area contributed by atoms with Crippen molar-refractivity contribution in [2.75, 3.05) is 25.4 Å². The fraction of sp³-hybridized carbons (Fsp3) is 0.700. The van der Waals surface area contributed by atoms with Crippen LogP contribution in [0.1, 0.15) is 19.8 Å². The van der Waals surface area contributed by atoms with Gasteiger partial charge in [-0.05, 0) is 12.8 Å². The van der Waals surface area contributed by atoms with Crippen LogP contribution >= 0.6 is 11.6 Å². The van der Waals surface area contributed by atoms with Crippen molar-refractivity contribution >= 4 is 17.5 Å². The number of halogens is 1. The van der Waals surface area contributed by atoms with Gasteiger partial charge in [0.25, 0.3) is 0 Å².